The van der Waals surface area contributed by atoms with Crippen LogP contribution < -0.4 is 10.5 Å². The van der Waals surface area contributed by atoms with Crippen molar-refractivity contribution < 1.29 is 9.47 Å². The highest BCUT2D eigenvalue weighted by atomic mass is 16.5. The number of hydrogen-bond donors (Lipinski definition) is 1. The van der Waals surface area contributed by atoms with Gasteiger partial charge in [-0.15, -0.1) is 0 Å². The molecule has 0 aromatic heterocycles. The monoisotopic (exact) mass is 207 g/mol. The van der Waals surface area contributed by atoms with Gasteiger partial charge in [0, 0.05) is 24.6 Å². The highest BCUT2D eigenvalue weighted by Gasteiger charge is 2.15. The van der Waals surface area contributed by atoms with Gasteiger partial charge < -0.3 is 15.2 Å². The van der Waals surface area contributed by atoms with Gasteiger partial charge in [0.2, 0.25) is 0 Å². The Kier molecular flexibility index (Phi) is 3.11. The van der Waals surface area contributed by atoms with Crippen LogP contribution in [0, 0.1) is 6.92 Å². The largest absolute Gasteiger partial charge is 0.490 e. The van der Waals surface area contributed by atoms with Crippen LogP contribution in [0.2, 0.25) is 0 Å². The third-order valence-corrected chi connectivity index (χ3v) is 2.54. The maximum atomic E-state index is 5.86. The van der Waals surface area contributed by atoms with E-state index in [2.05, 4.69) is 0 Å². The van der Waals surface area contributed by atoms with Crippen molar-refractivity contribution in [3.05, 3.63) is 23.8 Å². The number of rotatable bonds is 2. The first kappa shape index (κ1) is 10.3. The van der Waals surface area contributed by atoms with E-state index in [1.165, 1.54) is 0 Å². The van der Waals surface area contributed by atoms with Gasteiger partial charge in [-0.05, 0) is 24.6 Å². The van der Waals surface area contributed by atoms with Gasteiger partial charge in [0.25, 0.3) is 0 Å². The van der Waals surface area contributed by atoms with Gasteiger partial charge in [-0.2, -0.15) is 0 Å². The number of nitrogens with two attached hydrogens (primary N) is 1. The fourth-order valence-electron chi connectivity index (χ4n) is 1.83. The Bertz CT molecular complexity index is 312. The molecule has 0 unspecified atom stereocenters. The fourth-order valence-corrected chi connectivity index (χ4v) is 1.83. The molecule has 82 valence electrons. The number of aryl methyl sites for hydroxylation is 1. The van der Waals surface area contributed by atoms with E-state index in [1.807, 2.05) is 25.1 Å². The van der Waals surface area contributed by atoms with Crippen LogP contribution in [0.15, 0.2) is 18.2 Å². The summed E-state index contributed by atoms with van der Waals surface area (Å²) in [6.45, 7) is 3.62. The van der Waals surface area contributed by atoms with Crippen molar-refractivity contribution in [1.29, 1.82) is 0 Å². The van der Waals surface area contributed by atoms with Crippen LogP contribution in [0.5, 0.6) is 5.75 Å². The van der Waals surface area contributed by atoms with Crippen molar-refractivity contribution >= 4 is 5.69 Å². The summed E-state index contributed by atoms with van der Waals surface area (Å²) in [7, 11) is 0. The zero-order valence-electron chi connectivity index (χ0n) is 9.03. The third kappa shape index (κ3) is 2.86. The summed E-state index contributed by atoms with van der Waals surface area (Å²) in [5, 5.41) is 0. The van der Waals surface area contributed by atoms with Gasteiger partial charge in [-0.25, -0.2) is 0 Å². The van der Waals surface area contributed by atoms with Crippen molar-refractivity contribution in [2.45, 2.75) is 25.9 Å². The van der Waals surface area contributed by atoms with E-state index in [4.69, 9.17) is 15.2 Å². The lowest BCUT2D eigenvalue weighted by Gasteiger charge is -2.23. The lowest BCUT2D eigenvalue weighted by molar-refractivity contribution is 0.0256. The molecule has 3 nitrogen and oxygen atoms in total. The molecule has 0 amide bonds. The van der Waals surface area contributed by atoms with Crippen molar-refractivity contribution in [3.8, 4) is 5.75 Å². The molecule has 1 fully saturated rings. The molecule has 1 aliphatic rings. The van der Waals surface area contributed by atoms with E-state index in [1.54, 1.807) is 0 Å². The maximum Gasteiger partial charge on any atom is 0.122 e. The molecule has 1 aromatic rings. The molecule has 0 atom stereocenters. The van der Waals surface area contributed by atoms with Gasteiger partial charge in [0.05, 0.1) is 13.2 Å². The Morgan fingerprint density at radius 2 is 2.00 bits per heavy atom. The fraction of sp³-hybridized carbons (Fsp3) is 0.500. The topological polar surface area (TPSA) is 44.5 Å². The standard InChI is InChI=1S/C12H17NO2/c1-9-6-10(13)8-12(7-9)15-11-2-4-14-5-3-11/h6-8,11H,2-5,13H2,1H3. The molecule has 0 spiro atoms. The quantitative estimate of drug-likeness (QED) is 0.755. The minimum absolute atomic E-state index is 0.278. The Labute approximate surface area is 90.2 Å². The second-order valence-corrected chi connectivity index (χ2v) is 4.01. The van der Waals surface area contributed by atoms with E-state index in [-0.39, 0.29) is 6.10 Å². The first-order valence-electron chi connectivity index (χ1n) is 5.35. The second-order valence-electron chi connectivity index (χ2n) is 4.01. The summed E-state index contributed by atoms with van der Waals surface area (Å²) < 4.78 is 11.1. The SMILES string of the molecule is Cc1cc(N)cc(OC2CCOCC2)c1. The van der Waals surface area contributed by atoms with Crippen molar-refractivity contribution in [2.75, 3.05) is 18.9 Å². The molecule has 1 aromatic carbocycles. The molecule has 15 heavy (non-hydrogen) atoms. The van der Waals surface area contributed by atoms with Gasteiger partial charge in [-0.1, -0.05) is 0 Å². The first-order valence-corrected chi connectivity index (χ1v) is 5.35. The normalized spacial score (nSPS) is 17.7. The summed E-state index contributed by atoms with van der Waals surface area (Å²) >= 11 is 0. The van der Waals surface area contributed by atoms with Crippen LogP contribution in [-0.2, 0) is 4.74 Å². The lowest BCUT2D eigenvalue weighted by atomic mass is 10.1. The van der Waals surface area contributed by atoms with Gasteiger partial charge >= 0.3 is 0 Å². The minimum atomic E-state index is 0.278. The first-order chi connectivity index (χ1) is 7.24. The van der Waals surface area contributed by atoms with Crippen molar-refractivity contribution in [2.24, 2.45) is 0 Å². The highest BCUT2D eigenvalue weighted by Crippen LogP contribution is 2.22. The predicted molar refractivity (Wildman–Crippen MR) is 60.1 cm³/mol. The molecular weight excluding hydrogens is 190 g/mol. The average Bonchev–Trinajstić information content (AvgIpc) is 2.17. The van der Waals surface area contributed by atoms with E-state index < -0.39 is 0 Å². The molecule has 1 aliphatic heterocycles. The van der Waals surface area contributed by atoms with Gasteiger partial charge in [-0.3, -0.25) is 0 Å². The molecule has 1 heterocycles. The zero-order valence-corrected chi connectivity index (χ0v) is 9.03. The maximum absolute atomic E-state index is 5.86. The van der Waals surface area contributed by atoms with Crippen LogP contribution in [0.25, 0.3) is 0 Å². The Hall–Kier alpha value is -1.22. The summed E-state index contributed by atoms with van der Waals surface area (Å²) in [6, 6.07) is 5.84. The van der Waals surface area contributed by atoms with Crippen LogP contribution in [0.1, 0.15) is 18.4 Å². The van der Waals surface area contributed by atoms with E-state index >= 15 is 0 Å². The Morgan fingerprint density at radius 1 is 1.27 bits per heavy atom. The molecular formula is C12H17NO2. The number of ether oxygens (including phenoxy) is 2. The molecule has 0 saturated carbocycles. The molecule has 0 aliphatic carbocycles. The Balaban J connectivity index is 2.02. The smallest absolute Gasteiger partial charge is 0.122 e. The van der Waals surface area contributed by atoms with E-state index in [0.29, 0.717) is 0 Å². The molecule has 2 rings (SSSR count). The molecule has 1 saturated heterocycles. The Morgan fingerprint density at radius 3 is 2.67 bits per heavy atom. The zero-order chi connectivity index (χ0) is 10.7. The van der Waals surface area contributed by atoms with E-state index in [9.17, 15) is 0 Å². The van der Waals surface area contributed by atoms with Crippen LogP contribution in [-0.4, -0.2) is 19.3 Å². The highest BCUT2D eigenvalue weighted by molar-refractivity contribution is 5.47. The summed E-state index contributed by atoms with van der Waals surface area (Å²) in [6.07, 6.45) is 2.21. The van der Waals surface area contributed by atoms with Crippen molar-refractivity contribution in [3.63, 3.8) is 0 Å². The second kappa shape index (κ2) is 4.53. The predicted octanol–water partition coefficient (Wildman–Crippen LogP) is 2.14. The average molecular weight is 207 g/mol. The summed E-state index contributed by atoms with van der Waals surface area (Å²) in [5.74, 6) is 0.874. The van der Waals surface area contributed by atoms with Crippen LogP contribution >= 0.6 is 0 Å². The van der Waals surface area contributed by atoms with Gasteiger partial charge in [0.15, 0.2) is 0 Å². The molecule has 0 radical (unpaired) electrons. The number of benzene rings is 1. The molecule has 2 N–H and O–H groups in total. The van der Waals surface area contributed by atoms with Crippen LogP contribution in [0.4, 0.5) is 5.69 Å². The number of anilines is 1. The summed E-state index contributed by atoms with van der Waals surface area (Å²) in [4.78, 5) is 0. The van der Waals surface area contributed by atoms with Crippen molar-refractivity contribution in [1.82, 2.24) is 0 Å². The summed E-state index contributed by atoms with van der Waals surface area (Å²) in [5.41, 5.74) is 7.66. The molecule has 0 bridgehead atoms. The molecule has 3 heteroatoms. The van der Waals surface area contributed by atoms with Gasteiger partial charge in [0.1, 0.15) is 11.9 Å². The number of hydrogen-bond acceptors (Lipinski definition) is 3. The van der Waals surface area contributed by atoms with E-state index in [0.717, 1.165) is 43.1 Å². The third-order valence-electron chi connectivity index (χ3n) is 2.54. The lowest BCUT2D eigenvalue weighted by Crippen LogP contribution is -2.25. The van der Waals surface area contributed by atoms with Crippen LogP contribution in [0.3, 0.4) is 0 Å². The minimum Gasteiger partial charge on any atom is -0.490 e. The number of nitrogen functional groups attached to an aromatic ring is 1.